The molecule has 0 unspecified atom stereocenters. The van der Waals surface area contributed by atoms with Crippen LogP contribution in [-0.4, -0.2) is 49.3 Å². The van der Waals surface area contributed by atoms with Crippen LogP contribution >= 0.6 is 11.8 Å². The summed E-state index contributed by atoms with van der Waals surface area (Å²) >= 11 is 1.65. The Hall–Kier alpha value is -2.93. The van der Waals surface area contributed by atoms with E-state index in [4.69, 9.17) is 9.26 Å². The molecule has 0 bridgehead atoms. The van der Waals surface area contributed by atoms with Crippen LogP contribution in [0.4, 0.5) is 5.69 Å². The average molecular weight is 438 g/mol. The van der Waals surface area contributed by atoms with Crippen molar-refractivity contribution in [2.75, 3.05) is 38.2 Å². The van der Waals surface area contributed by atoms with Gasteiger partial charge in [-0.1, -0.05) is 29.4 Å². The summed E-state index contributed by atoms with van der Waals surface area (Å²) < 4.78 is 10.8. The van der Waals surface area contributed by atoms with E-state index in [1.165, 1.54) is 0 Å². The van der Waals surface area contributed by atoms with Crippen LogP contribution in [0.5, 0.6) is 5.75 Å². The lowest BCUT2D eigenvalue weighted by molar-refractivity contribution is 0.0743. The van der Waals surface area contributed by atoms with Crippen LogP contribution in [-0.2, 0) is 5.75 Å². The summed E-state index contributed by atoms with van der Waals surface area (Å²) in [6, 6.07) is 15.9. The normalized spacial score (nSPS) is 14.0. The Morgan fingerprint density at radius 1 is 1.06 bits per heavy atom. The standard InChI is InChI=1S/C24H27N3O3S/c1-17-20(18(2)30-25-17)16-31-23-11-7-4-8-19(23)24(28)27-14-12-26(13-15-27)21-9-5-6-10-22(21)29-3/h4-11H,12-16H2,1-3H3. The molecule has 162 valence electrons. The van der Waals surface area contributed by atoms with E-state index < -0.39 is 0 Å². The largest absolute Gasteiger partial charge is 0.495 e. The topological polar surface area (TPSA) is 58.8 Å². The minimum Gasteiger partial charge on any atom is -0.495 e. The molecule has 31 heavy (non-hydrogen) atoms. The number of methoxy groups -OCH3 is 1. The van der Waals surface area contributed by atoms with Gasteiger partial charge in [0.2, 0.25) is 0 Å². The van der Waals surface area contributed by atoms with E-state index in [1.54, 1.807) is 18.9 Å². The van der Waals surface area contributed by atoms with Gasteiger partial charge in [0.05, 0.1) is 24.1 Å². The Labute approximate surface area is 187 Å². The molecule has 1 saturated heterocycles. The molecular weight excluding hydrogens is 410 g/mol. The lowest BCUT2D eigenvalue weighted by Gasteiger charge is -2.36. The molecule has 6 nitrogen and oxygen atoms in total. The van der Waals surface area contributed by atoms with Crippen molar-refractivity contribution in [1.82, 2.24) is 10.1 Å². The van der Waals surface area contributed by atoms with Gasteiger partial charge in [-0.3, -0.25) is 4.79 Å². The van der Waals surface area contributed by atoms with Crippen LogP contribution in [0.15, 0.2) is 57.9 Å². The molecule has 3 aromatic rings. The number of aromatic nitrogens is 1. The van der Waals surface area contributed by atoms with Gasteiger partial charge in [-0.05, 0) is 38.1 Å². The molecule has 0 saturated carbocycles. The predicted octanol–water partition coefficient (Wildman–Crippen LogP) is 4.55. The fraction of sp³-hybridized carbons (Fsp3) is 0.333. The van der Waals surface area contributed by atoms with Crippen molar-refractivity contribution >= 4 is 23.4 Å². The minimum absolute atomic E-state index is 0.0848. The quantitative estimate of drug-likeness (QED) is 0.527. The molecule has 0 spiro atoms. The van der Waals surface area contributed by atoms with Gasteiger partial charge in [-0.2, -0.15) is 0 Å². The summed E-state index contributed by atoms with van der Waals surface area (Å²) in [5.74, 6) is 2.51. The first-order chi connectivity index (χ1) is 15.1. The van der Waals surface area contributed by atoms with Crippen molar-refractivity contribution in [3.05, 3.63) is 71.1 Å². The van der Waals surface area contributed by atoms with E-state index in [1.807, 2.05) is 61.2 Å². The third-order valence-corrected chi connectivity index (χ3v) is 6.76. The van der Waals surface area contributed by atoms with Crippen molar-refractivity contribution in [3.63, 3.8) is 0 Å². The number of carbonyl (C=O) groups excluding carboxylic acids is 1. The number of ether oxygens (including phenoxy) is 1. The minimum atomic E-state index is 0.0848. The molecule has 0 radical (unpaired) electrons. The number of anilines is 1. The van der Waals surface area contributed by atoms with Crippen LogP contribution < -0.4 is 9.64 Å². The Bertz CT molecular complexity index is 1040. The number of rotatable bonds is 6. The lowest BCUT2D eigenvalue weighted by atomic mass is 10.1. The zero-order valence-electron chi connectivity index (χ0n) is 18.1. The fourth-order valence-corrected chi connectivity index (χ4v) is 5.04. The van der Waals surface area contributed by atoms with Crippen LogP contribution in [0, 0.1) is 13.8 Å². The van der Waals surface area contributed by atoms with Gasteiger partial charge in [-0.25, -0.2) is 0 Å². The first-order valence-electron chi connectivity index (χ1n) is 10.4. The molecular formula is C24H27N3O3S. The zero-order valence-corrected chi connectivity index (χ0v) is 18.9. The number of hydrogen-bond donors (Lipinski definition) is 0. The van der Waals surface area contributed by atoms with Crippen molar-refractivity contribution in [3.8, 4) is 5.75 Å². The van der Waals surface area contributed by atoms with Gasteiger partial charge in [-0.15, -0.1) is 11.8 Å². The summed E-state index contributed by atoms with van der Waals surface area (Å²) in [7, 11) is 1.69. The summed E-state index contributed by atoms with van der Waals surface area (Å²) in [6.45, 7) is 6.79. The molecule has 0 atom stereocenters. The summed E-state index contributed by atoms with van der Waals surface area (Å²) in [5, 5.41) is 4.03. The number of hydrogen-bond acceptors (Lipinski definition) is 6. The number of amides is 1. The van der Waals surface area contributed by atoms with Crippen molar-refractivity contribution < 1.29 is 14.1 Å². The van der Waals surface area contributed by atoms with E-state index >= 15 is 0 Å². The lowest BCUT2D eigenvalue weighted by Crippen LogP contribution is -2.49. The molecule has 4 rings (SSSR count). The molecule has 2 heterocycles. The first-order valence-corrected chi connectivity index (χ1v) is 11.4. The molecule has 0 aliphatic carbocycles. The Morgan fingerprint density at radius 2 is 1.77 bits per heavy atom. The highest BCUT2D eigenvalue weighted by molar-refractivity contribution is 7.98. The van der Waals surface area contributed by atoms with E-state index in [0.29, 0.717) is 13.1 Å². The van der Waals surface area contributed by atoms with Gasteiger partial charge in [0.1, 0.15) is 11.5 Å². The second-order valence-electron chi connectivity index (χ2n) is 7.54. The fourth-order valence-electron chi connectivity index (χ4n) is 3.84. The van der Waals surface area contributed by atoms with Crippen molar-refractivity contribution in [2.24, 2.45) is 0 Å². The highest BCUT2D eigenvalue weighted by atomic mass is 32.2. The second-order valence-corrected chi connectivity index (χ2v) is 8.56. The van der Waals surface area contributed by atoms with Gasteiger partial charge in [0, 0.05) is 42.4 Å². The Morgan fingerprint density at radius 3 is 2.48 bits per heavy atom. The number of nitrogens with zero attached hydrogens (tertiary/aromatic N) is 3. The summed E-state index contributed by atoms with van der Waals surface area (Å²) in [4.78, 5) is 18.5. The van der Waals surface area contributed by atoms with Gasteiger partial charge >= 0.3 is 0 Å². The number of benzene rings is 2. The van der Waals surface area contributed by atoms with E-state index in [-0.39, 0.29) is 5.91 Å². The molecule has 1 aliphatic rings. The van der Waals surface area contributed by atoms with Crippen LogP contribution in [0.1, 0.15) is 27.4 Å². The third kappa shape index (κ3) is 4.56. The predicted molar refractivity (Wildman–Crippen MR) is 123 cm³/mol. The molecule has 1 amide bonds. The second kappa shape index (κ2) is 9.47. The van der Waals surface area contributed by atoms with Gasteiger partial charge in [0.25, 0.3) is 5.91 Å². The third-order valence-electron chi connectivity index (χ3n) is 5.66. The van der Waals surface area contributed by atoms with E-state index in [2.05, 4.69) is 16.1 Å². The molecule has 1 aliphatic heterocycles. The molecule has 2 aromatic carbocycles. The maximum absolute atomic E-state index is 13.3. The van der Waals surface area contributed by atoms with Crippen molar-refractivity contribution in [2.45, 2.75) is 24.5 Å². The van der Waals surface area contributed by atoms with Crippen LogP contribution in [0.2, 0.25) is 0 Å². The summed E-state index contributed by atoms with van der Waals surface area (Å²) in [5.41, 5.74) is 3.83. The number of aryl methyl sites for hydroxylation is 2. The number of carbonyl (C=O) groups is 1. The molecule has 1 fully saturated rings. The van der Waals surface area contributed by atoms with E-state index in [0.717, 1.165) is 57.8 Å². The van der Waals surface area contributed by atoms with Crippen molar-refractivity contribution in [1.29, 1.82) is 0 Å². The SMILES string of the molecule is COc1ccccc1N1CCN(C(=O)c2ccccc2SCc2c(C)noc2C)CC1. The Balaban J connectivity index is 1.43. The number of para-hydroxylation sites is 2. The zero-order chi connectivity index (χ0) is 21.8. The number of thioether (sulfide) groups is 1. The highest BCUT2D eigenvalue weighted by Crippen LogP contribution is 2.31. The van der Waals surface area contributed by atoms with Crippen LogP contribution in [0.3, 0.4) is 0 Å². The van der Waals surface area contributed by atoms with Crippen LogP contribution in [0.25, 0.3) is 0 Å². The Kier molecular flexibility index (Phi) is 6.51. The smallest absolute Gasteiger partial charge is 0.255 e. The highest BCUT2D eigenvalue weighted by Gasteiger charge is 2.25. The molecule has 0 N–H and O–H groups in total. The monoisotopic (exact) mass is 437 g/mol. The maximum Gasteiger partial charge on any atom is 0.255 e. The average Bonchev–Trinajstić information content (AvgIpc) is 3.14. The maximum atomic E-state index is 13.3. The van der Waals surface area contributed by atoms with Gasteiger partial charge in [0.15, 0.2) is 0 Å². The van der Waals surface area contributed by atoms with E-state index in [9.17, 15) is 4.79 Å². The molecule has 1 aromatic heterocycles. The molecule has 7 heteroatoms. The number of piperazine rings is 1. The van der Waals surface area contributed by atoms with Gasteiger partial charge < -0.3 is 19.1 Å². The summed E-state index contributed by atoms with van der Waals surface area (Å²) in [6.07, 6.45) is 0. The first kappa shape index (κ1) is 21.3.